The van der Waals surface area contributed by atoms with Crippen LogP contribution in [-0.4, -0.2) is 44.1 Å². The number of anilines is 1. The molecule has 150 valence electrons. The number of allylic oxidation sites excluding steroid dienone is 1. The molecule has 0 fully saturated rings. The smallest absolute Gasteiger partial charge is 0.336 e. The lowest BCUT2D eigenvalue weighted by atomic mass is 9.97. The first-order valence-corrected chi connectivity index (χ1v) is 8.64. The van der Waals surface area contributed by atoms with Gasteiger partial charge in [-0.15, -0.1) is 0 Å². The fourth-order valence-corrected chi connectivity index (χ4v) is 2.70. The summed E-state index contributed by atoms with van der Waals surface area (Å²) >= 11 is 0. The predicted octanol–water partition coefficient (Wildman–Crippen LogP) is 1.15. The minimum absolute atomic E-state index is 0.0864. The molecule has 0 bridgehead atoms. The molecular formula is C19H22N2O7. The molecule has 0 radical (unpaired) electrons. The van der Waals surface area contributed by atoms with Crippen LogP contribution in [0.1, 0.15) is 20.3 Å². The van der Waals surface area contributed by atoms with Gasteiger partial charge >= 0.3 is 11.9 Å². The highest BCUT2D eigenvalue weighted by Gasteiger charge is 2.38. The fourth-order valence-electron chi connectivity index (χ4n) is 2.70. The van der Waals surface area contributed by atoms with Crippen LogP contribution in [0.2, 0.25) is 0 Å². The molecule has 2 amide bonds. The molecule has 1 heterocycles. The number of ether oxygens (including phenoxy) is 3. The van der Waals surface area contributed by atoms with Crippen molar-refractivity contribution < 1.29 is 33.4 Å². The fraction of sp³-hybridized carbons (Fsp3) is 0.368. The second-order valence-electron chi connectivity index (χ2n) is 5.94. The molecule has 28 heavy (non-hydrogen) atoms. The lowest BCUT2D eigenvalue weighted by Gasteiger charge is -2.11. The molecule has 0 saturated heterocycles. The van der Waals surface area contributed by atoms with Crippen LogP contribution in [0.4, 0.5) is 5.69 Å². The monoisotopic (exact) mass is 390 g/mol. The number of hydrogen-bond donors (Lipinski definition) is 2. The van der Waals surface area contributed by atoms with Gasteiger partial charge in [0.1, 0.15) is 5.75 Å². The van der Waals surface area contributed by atoms with Gasteiger partial charge in [0.05, 0.1) is 31.6 Å². The van der Waals surface area contributed by atoms with Gasteiger partial charge in [0.2, 0.25) is 5.91 Å². The summed E-state index contributed by atoms with van der Waals surface area (Å²) in [5.41, 5.74) is 0.942. The van der Waals surface area contributed by atoms with Gasteiger partial charge in [-0.25, -0.2) is 4.79 Å². The van der Waals surface area contributed by atoms with E-state index in [1.807, 2.05) is 6.92 Å². The van der Waals surface area contributed by atoms with Crippen molar-refractivity contribution >= 4 is 29.4 Å². The summed E-state index contributed by atoms with van der Waals surface area (Å²) in [6.45, 7) is 3.42. The lowest BCUT2D eigenvalue weighted by Crippen LogP contribution is -2.27. The molecule has 2 N–H and O–H groups in total. The van der Waals surface area contributed by atoms with Crippen molar-refractivity contribution in [3.63, 3.8) is 0 Å². The molecule has 9 nitrogen and oxygen atoms in total. The molecule has 0 aromatic heterocycles. The predicted molar refractivity (Wildman–Crippen MR) is 98.2 cm³/mol. The molecule has 0 unspecified atom stereocenters. The standard InChI is InChI=1S/C19H22N2O7/c1-4-27-13-7-5-12(6-8-13)21-15(22)10-28-16(23)9-14-17(19(25)26-3)11(2)20-18(14)24/h5-8,14H,4,9-10H2,1-3H3,(H,20,24)(H,21,22)/t14-/m1/s1. The number of benzene rings is 1. The van der Waals surface area contributed by atoms with Crippen molar-refractivity contribution in [2.45, 2.75) is 20.3 Å². The molecule has 1 aliphatic heterocycles. The summed E-state index contributed by atoms with van der Waals surface area (Å²) in [6.07, 6.45) is -0.371. The van der Waals surface area contributed by atoms with E-state index in [1.165, 1.54) is 7.11 Å². The van der Waals surface area contributed by atoms with Crippen molar-refractivity contribution in [3.05, 3.63) is 35.5 Å². The summed E-state index contributed by atoms with van der Waals surface area (Å²) in [7, 11) is 1.19. The third-order valence-electron chi connectivity index (χ3n) is 3.97. The number of nitrogens with one attached hydrogen (secondary N) is 2. The average Bonchev–Trinajstić information content (AvgIpc) is 2.94. The Labute approximate surface area is 162 Å². The van der Waals surface area contributed by atoms with E-state index < -0.39 is 36.3 Å². The van der Waals surface area contributed by atoms with E-state index >= 15 is 0 Å². The summed E-state index contributed by atoms with van der Waals surface area (Å²) in [5, 5.41) is 5.07. The Balaban J connectivity index is 1.85. The van der Waals surface area contributed by atoms with Crippen LogP contribution in [0.25, 0.3) is 0 Å². The summed E-state index contributed by atoms with van der Waals surface area (Å²) < 4.78 is 14.9. The van der Waals surface area contributed by atoms with Crippen molar-refractivity contribution in [1.29, 1.82) is 0 Å². The maximum absolute atomic E-state index is 12.0. The third-order valence-corrected chi connectivity index (χ3v) is 3.97. The summed E-state index contributed by atoms with van der Waals surface area (Å²) in [5.74, 6) is -2.83. The van der Waals surface area contributed by atoms with Gasteiger partial charge in [-0.05, 0) is 38.1 Å². The third kappa shape index (κ3) is 5.32. The molecular weight excluding hydrogens is 368 g/mol. The van der Waals surface area contributed by atoms with E-state index in [4.69, 9.17) is 9.47 Å². The number of hydrogen-bond acceptors (Lipinski definition) is 7. The molecule has 1 aromatic rings. The largest absolute Gasteiger partial charge is 0.494 e. The zero-order valence-corrected chi connectivity index (χ0v) is 15.9. The van der Waals surface area contributed by atoms with Gasteiger partial charge in [-0.1, -0.05) is 0 Å². The second-order valence-corrected chi connectivity index (χ2v) is 5.94. The maximum atomic E-state index is 12.0. The number of methoxy groups -OCH3 is 1. The lowest BCUT2D eigenvalue weighted by molar-refractivity contribution is -0.149. The number of rotatable bonds is 8. The van der Waals surface area contributed by atoms with Gasteiger partial charge in [0, 0.05) is 11.4 Å². The van der Waals surface area contributed by atoms with Gasteiger partial charge in [-0.3, -0.25) is 14.4 Å². The molecule has 0 saturated carbocycles. The van der Waals surface area contributed by atoms with E-state index in [9.17, 15) is 19.2 Å². The number of amides is 2. The van der Waals surface area contributed by atoms with Gasteiger partial charge < -0.3 is 24.8 Å². The van der Waals surface area contributed by atoms with Gasteiger partial charge in [-0.2, -0.15) is 0 Å². The topological polar surface area (TPSA) is 120 Å². The van der Waals surface area contributed by atoms with E-state index in [1.54, 1.807) is 31.2 Å². The first-order chi connectivity index (χ1) is 13.3. The van der Waals surface area contributed by atoms with Gasteiger partial charge in [0.15, 0.2) is 6.61 Å². The van der Waals surface area contributed by atoms with Gasteiger partial charge in [0.25, 0.3) is 5.91 Å². The summed E-state index contributed by atoms with van der Waals surface area (Å²) in [4.78, 5) is 47.7. The molecule has 9 heteroatoms. The number of carbonyl (C=O) groups is 4. The van der Waals surface area contributed by atoms with Crippen molar-refractivity contribution in [2.24, 2.45) is 5.92 Å². The minimum atomic E-state index is -1.01. The molecule has 1 atom stereocenters. The highest BCUT2D eigenvalue weighted by Crippen LogP contribution is 2.26. The highest BCUT2D eigenvalue weighted by molar-refractivity contribution is 6.03. The molecule has 1 aromatic carbocycles. The van der Waals surface area contributed by atoms with Crippen molar-refractivity contribution in [1.82, 2.24) is 5.32 Å². The number of esters is 2. The Hall–Kier alpha value is -3.36. The van der Waals surface area contributed by atoms with Crippen LogP contribution in [0.5, 0.6) is 5.75 Å². The quantitative estimate of drug-likeness (QED) is 0.639. The van der Waals surface area contributed by atoms with Crippen LogP contribution in [0.3, 0.4) is 0 Å². The zero-order valence-electron chi connectivity index (χ0n) is 15.9. The van der Waals surface area contributed by atoms with Crippen LogP contribution in [0.15, 0.2) is 35.5 Å². The normalized spacial score (nSPS) is 15.7. The average molecular weight is 390 g/mol. The zero-order chi connectivity index (χ0) is 20.7. The Bertz CT molecular complexity index is 799. The minimum Gasteiger partial charge on any atom is -0.494 e. The van der Waals surface area contributed by atoms with Crippen molar-refractivity contribution in [2.75, 3.05) is 25.6 Å². The first kappa shape index (κ1) is 20.9. The van der Waals surface area contributed by atoms with Crippen molar-refractivity contribution in [3.8, 4) is 5.75 Å². The van der Waals surface area contributed by atoms with E-state index in [0.717, 1.165) is 0 Å². The van der Waals surface area contributed by atoms with Crippen LogP contribution >= 0.6 is 0 Å². The van der Waals surface area contributed by atoms with E-state index in [2.05, 4.69) is 15.4 Å². The molecule has 1 aliphatic rings. The molecule has 2 rings (SSSR count). The van der Waals surface area contributed by atoms with E-state index in [0.29, 0.717) is 23.7 Å². The Morgan fingerprint density at radius 2 is 1.86 bits per heavy atom. The number of carbonyl (C=O) groups excluding carboxylic acids is 4. The SMILES string of the molecule is CCOc1ccc(NC(=O)COC(=O)C[C@H]2C(=O)NC(C)=C2C(=O)OC)cc1. The van der Waals surface area contributed by atoms with Crippen LogP contribution in [-0.2, 0) is 28.7 Å². The van der Waals surface area contributed by atoms with E-state index in [-0.39, 0.29) is 12.0 Å². The first-order valence-electron chi connectivity index (χ1n) is 8.64. The molecule has 0 aliphatic carbocycles. The Morgan fingerprint density at radius 3 is 2.46 bits per heavy atom. The summed E-state index contributed by atoms with van der Waals surface area (Å²) in [6, 6.07) is 6.72. The second kappa shape index (κ2) is 9.54. The Kier molecular flexibility index (Phi) is 7.14. The van der Waals surface area contributed by atoms with Crippen LogP contribution in [0, 0.1) is 5.92 Å². The highest BCUT2D eigenvalue weighted by atomic mass is 16.5. The maximum Gasteiger partial charge on any atom is 0.336 e. The molecule has 0 spiro atoms. The van der Waals surface area contributed by atoms with Crippen LogP contribution < -0.4 is 15.4 Å². The Morgan fingerprint density at radius 1 is 1.18 bits per heavy atom.